The summed E-state index contributed by atoms with van der Waals surface area (Å²) in [5.41, 5.74) is 0.926. The number of halogens is 1. The van der Waals surface area contributed by atoms with E-state index in [0.717, 1.165) is 42.7 Å². The van der Waals surface area contributed by atoms with Gasteiger partial charge in [-0.25, -0.2) is 15.0 Å². The second kappa shape index (κ2) is 5.74. The van der Waals surface area contributed by atoms with Crippen LogP contribution in [0.5, 0.6) is 0 Å². The Balaban J connectivity index is 0.00000133. The van der Waals surface area contributed by atoms with Gasteiger partial charge >= 0.3 is 0 Å². The van der Waals surface area contributed by atoms with Gasteiger partial charge in [0, 0.05) is 19.0 Å². The number of imidazole rings is 1. The molecule has 1 aliphatic carbocycles. The summed E-state index contributed by atoms with van der Waals surface area (Å²) in [7, 11) is 0. The summed E-state index contributed by atoms with van der Waals surface area (Å²) in [4.78, 5) is 13.8. The third-order valence-electron chi connectivity index (χ3n) is 3.23. The van der Waals surface area contributed by atoms with Gasteiger partial charge in [-0.3, -0.25) is 0 Å². The van der Waals surface area contributed by atoms with Crippen molar-refractivity contribution in [3.8, 4) is 11.5 Å². The van der Waals surface area contributed by atoms with E-state index in [9.17, 15) is 0 Å². The van der Waals surface area contributed by atoms with Crippen LogP contribution in [0.15, 0.2) is 6.33 Å². The Bertz CT molecular complexity index is 480. The first-order valence-electron chi connectivity index (χ1n) is 6.80. The Morgan fingerprint density at radius 3 is 2.74 bits per heavy atom. The zero-order valence-corrected chi connectivity index (χ0v) is 12.2. The molecule has 0 aromatic carbocycles. The topological polar surface area (TPSA) is 55.6 Å². The quantitative estimate of drug-likeness (QED) is 0.915. The first kappa shape index (κ1) is 14.1. The molecule has 2 heterocycles. The molecule has 3 aliphatic rings. The van der Waals surface area contributed by atoms with Crippen LogP contribution in [0.25, 0.3) is 11.5 Å². The third-order valence-corrected chi connectivity index (χ3v) is 3.23. The minimum atomic E-state index is 0. The van der Waals surface area contributed by atoms with Crippen LogP contribution in [0.3, 0.4) is 0 Å². The van der Waals surface area contributed by atoms with E-state index in [1.807, 2.05) is 6.33 Å². The average Bonchev–Trinajstić information content (AvgIpc) is 3.12. The van der Waals surface area contributed by atoms with Crippen LogP contribution < -0.4 is 5.32 Å². The van der Waals surface area contributed by atoms with Gasteiger partial charge in [0.25, 0.3) is 0 Å². The second-order valence-corrected chi connectivity index (χ2v) is 4.85. The minimum absolute atomic E-state index is 0. The van der Waals surface area contributed by atoms with Crippen molar-refractivity contribution in [1.29, 1.82) is 0 Å². The molecule has 104 valence electrons. The highest BCUT2D eigenvalue weighted by atomic mass is 35.5. The zero-order valence-electron chi connectivity index (χ0n) is 11.4. The number of hydrogen-bond donors (Lipinski definition) is 1. The van der Waals surface area contributed by atoms with E-state index in [1.165, 1.54) is 12.8 Å². The lowest BCUT2D eigenvalue weighted by molar-refractivity contribution is 0.659. The predicted octanol–water partition coefficient (Wildman–Crippen LogP) is 2.92. The maximum absolute atomic E-state index is 4.71. The molecule has 0 bridgehead atoms. The summed E-state index contributed by atoms with van der Waals surface area (Å²) in [5, 5.41) is 3.27. The van der Waals surface area contributed by atoms with Crippen LogP contribution in [0.2, 0.25) is 0 Å². The van der Waals surface area contributed by atoms with Crippen LogP contribution in [0, 0.1) is 0 Å². The Morgan fingerprint density at radius 1 is 1.32 bits per heavy atom. The van der Waals surface area contributed by atoms with Gasteiger partial charge in [0.05, 0.1) is 6.33 Å². The van der Waals surface area contributed by atoms with E-state index < -0.39 is 0 Å². The highest BCUT2D eigenvalue weighted by Crippen LogP contribution is 2.40. The molecule has 0 aromatic heterocycles. The molecule has 0 amide bonds. The van der Waals surface area contributed by atoms with Gasteiger partial charge in [-0.1, -0.05) is 6.92 Å². The van der Waals surface area contributed by atoms with Gasteiger partial charge in [-0.15, -0.1) is 12.4 Å². The lowest BCUT2D eigenvalue weighted by atomic mass is 10.3. The molecule has 0 saturated heterocycles. The van der Waals surface area contributed by atoms with Crippen LogP contribution in [0.1, 0.15) is 44.9 Å². The van der Waals surface area contributed by atoms with Crippen molar-refractivity contribution in [3.63, 3.8) is 0 Å². The first-order chi connectivity index (χ1) is 8.83. The number of hydrogen-bond acceptors (Lipinski definition) is 4. The van der Waals surface area contributed by atoms with Gasteiger partial charge < -0.3 is 9.88 Å². The van der Waals surface area contributed by atoms with Crippen molar-refractivity contribution >= 4 is 18.2 Å². The van der Waals surface area contributed by atoms with E-state index in [4.69, 9.17) is 4.98 Å². The van der Waals surface area contributed by atoms with E-state index >= 15 is 0 Å². The molecule has 3 rings (SSSR count). The van der Waals surface area contributed by atoms with Crippen LogP contribution >= 0.6 is 12.4 Å². The molecule has 1 N–H and O–H groups in total. The summed E-state index contributed by atoms with van der Waals surface area (Å²) in [6.07, 6.45) is 5.41. The Hall–Kier alpha value is -1.36. The van der Waals surface area contributed by atoms with E-state index in [2.05, 4.69) is 33.7 Å². The molecule has 0 atom stereocenters. The first-order valence-corrected chi connectivity index (χ1v) is 6.80. The molecular formula is C13H20ClN5. The molecular weight excluding hydrogens is 262 g/mol. The molecule has 19 heavy (non-hydrogen) atoms. The van der Waals surface area contributed by atoms with E-state index in [1.54, 1.807) is 0 Å². The van der Waals surface area contributed by atoms with Gasteiger partial charge in [-0.05, 0) is 26.2 Å². The van der Waals surface area contributed by atoms with Gasteiger partial charge in [0.15, 0.2) is 17.3 Å². The average molecular weight is 282 g/mol. The second-order valence-electron chi connectivity index (χ2n) is 4.85. The maximum atomic E-state index is 4.71. The summed E-state index contributed by atoms with van der Waals surface area (Å²) in [6, 6.07) is 0. The zero-order chi connectivity index (χ0) is 12.5. The van der Waals surface area contributed by atoms with Crippen molar-refractivity contribution in [2.24, 2.45) is 0 Å². The number of aryl methyl sites for hydroxylation is 1. The molecule has 0 aromatic rings. The molecule has 1 fully saturated rings. The van der Waals surface area contributed by atoms with Crippen molar-refractivity contribution in [2.75, 3.05) is 11.9 Å². The van der Waals surface area contributed by atoms with Crippen molar-refractivity contribution < 1.29 is 0 Å². The van der Waals surface area contributed by atoms with Crippen molar-refractivity contribution in [3.05, 3.63) is 12.2 Å². The summed E-state index contributed by atoms with van der Waals surface area (Å²) < 4.78 is 2.11. The number of fused-ring (bicyclic) bond motifs is 1. The highest BCUT2D eigenvalue weighted by Gasteiger charge is 2.30. The summed E-state index contributed by atoms with van der Waals surface area (Å²) in [6.45, 7) is 6.03. The van der Waals surface area contributed by atoms with E-state index in [0.29, 0.717) is 5.92 Å². The van der Waals surface area contributed by atoms with Gasteiger partial charge in [0.2, 0.25) is 0 Å². The Kier molecular flexibility index (Phi) is 4.24. The molecule has 0 radical (unpaired) electrons. The number of aromatic nitrogens is 4. The molecule has 1 saturated carbocycles. The molecule has 5 nitrogen and oxygen atoms in total. The standard InChI is InChI=1S/C13H19N5.ClH/c1-3-7-18-8-15-12(14-4-2)10-13(18)17-11(16-10)9-5-6-9;/h8-9,14H,3-7H2,1-2H3;1H. The van der Waals surface area contributed by atoms with Gasteiger partial charge in [0.1, 0.15) is 5.82 Å². The molecule has 0 spiro atoms. The maximum Gasteiger partial charge on any atom is 0.165 e. The Morgan fingerprint density at radius 2 is 2.11 bits per heavy atom. The number of nitrogens with zero attached hydrogens (tertiary/aromatic N) is 4. The predicted molar refractivity (Wildman–Crippen MR) is 78.1 cm³/mol. The van der Waals surface area contributed by atoms with Gasteiger partial charge in [-0.2, -0.15) is 0 Å². The SMILES string of the molecule is CCCn1cnc(NCC)c2nc(C3CC3)nc1-2.Cl. The van der Waals surface area contributed by atoms with Crippen LogP contribution in [0.4, 0.5) is 5.82 Å². The van der Waals surface area contributed by atoms with Crippen LogP contribution in [-0.2, 0) is 6.54 Å². The largest absolute Gasteiger partial charge is 0.368 e. The molecule has 6 heteroatoms. The van der Waals surface area contributed by atoms with Crippen molar-refractivity contribution in [2.45, 2.75) is 45.6 Å². The number of rotatable bonds is 5. The fraction of sp³-hybridized carbons (Fsp3) is 0.615. The smallest absolute Gasteiger partial charge is 0.165 e. The fourth-order valence-corrected chi connectivity index (χ4v) is 2.18. The number of anilines is 1. The summed E-state index contributed by atoms with van der Waals surface area (Å²) >= 11 is 0. The lowest BCUT2D eigenvalue weighted by Crippen LogP contribution is -2.09. The monoisotopic (exact) mass is 281 g/mol. The lowest BCUT2D eigenvalue weighted by Gasteiger charge is -2.12. The number of nitrogens with one attached hydrogen (secondary N) is 1. The third kappa shape index (κ3) is 2.66. The van der Waals surface area contributed by atoms with Crippen LogP contribution in [-0.4, -0.2) is 26.1 Å². The fourth-order valence-electron chi connectivity index (χ4n) is 2.18. The Labute approximate surface area is 119 Å². The minimum Gasteiger partial charge on any atom is -0.368 e. The summed E-state index contributed by atoms with van der Waals surface area (Å²) in [5.74, 6) is 3.42. The molecule has 0 unspecified atom stereocenters. The normalized spacial score (nSPS) is 14.4. The molecule has 2 aliphatic heterocycles. The highest BCUT2D eigenvalue weighted by molar-refractivity contribution is 5.85. The van der Waals surface area contributed by atoms with Crippen molar-refractivity contribution in [1.82, 2.24) is 19.5 Å². The van der Waals surface area contributed by atoms with E-state index in [-0.39, 0.29) is 12.4 Å².